The molecule has 2 heterocycles. The quantitative estimate of drug-likeness (QED) is 0.706. The van der Waals surface area contributed by atoms with Crippen LogP contribution >= 0.6 is 0 Å². The summed E-state index contributed by atoms with van der Waals surface area (Å²) in [6.45, 7) is 0.832. The maximum absolute atomic E-state index is 13.2. The predicted octanol–water partition coefficient (Wildman–Crippen LogP) is 2.18. The summed E-state index contributed by atoms with van der Waals surface area (Å²) in [6.07, 6.45) is 5.15. The highest BCUT2D eigenvalue weighted by Crippen LogP contribution is 2.20. The van der Waals surface area contributed by atoms with Crippen LogP contribution in [0.5, 0.6) is 0 Å². The Bertz CT molecular complexity index is 810. The number of nitrogens with one attached hydrogen (secondary N) is 1. The predicted molar refractivity (Wildman–Crippen MR) is 87.1 cm³/mol. The van der Waals surface area contributed by atoms with Gasteiger partial charge < -0.3 is 14.6 Å². The maximum atomic E-state index is 13.2. The second-order valence-corrected chi connectivity index (χ2v) is 5.11. The Morgan fingerprint density at radius 3 is 2.62 bits per heavy atom. The van der Waals surface area contributed by atoms with E-state index in [0.717, 1.165) is 0 Å². The van der Waals surface area contributed by atoms with Crippen LogP contribution in [-0.2, 0) is 4.74 Å². The first kappa shape index (κ1) is 15.9. The Morgan fingerprint density at radius 1 is 1.25 bits per heavy atom. The third kappa shape index (κ3) is 3.21. The molecule has 1 aromatic carbocycles. The summed E-state index contributed by atoms with van der Waals surface area (Å²) in [5, 5.41) is 7.09. The van der Waals surface area contributed by atoms with E-state index < -0.39 is 0 Å². The highest BCUT2D eigenvalue weighted by molar-refractivity contribution is 5.97. The standard InChI is InChI=1S/C17H17FN4O2/c1-24-11-8-19-16(23)15-12-20-22(14-6-4-13(18)5-7-14)17(15)21-9-2-3-10-21/h2-7,9-10,12H,8,11H2,1H3,(H,19,23). The molecule has 0 unspecified atom stereocenters. The monoisotopic (exact) mass is 328 g/mol. The summed E-state index contributed by atoms with van der Waals surface area (Å²) < 4.78 is 21.5. The first-order valence-corrected chi connectivity index (χ1v) is 7.45. The van der Waals surface area contributed by atoms with Gasteiger partial charge in [-0.05, 0) is 36.4 Å². The highest BCUT2D eigenvalue weighted by atomic mass is 19.1. The molecule has 24 heavy (non-hydrogen) atoms. The lowest BCUT2D eigenvalue weighted by atomic mass is 10.2. The minimum atomic E-state index is -0.328. The van der Waals surface area contributed by atoms with Crippen LogP contribution in [0.3, 0.4) is 0 Å². The summed E-state index contributed by atoms with van der Waals surface area (Å²) in [5.41, 5.74) is 1.09. The van der Waals surface area contributed by atoms with Crippen LogP contribution < -0.4 is 5.32 Å². The Hall–Kier alpha value is -2.93. The van der Waals surface area contributed by atoms with E-state index in [-0.39, 0.29) is 11.7 Å². The number of methoxy groups -OCH3 is 1. The zero-order valence-corrected chi connectivity index (χ0v) is 13.1. The van der Waals surface area contributed by atoms with Gasteiger partial charge in [-0.15, -0.1) is 0 Å². The van der Waals surface area contributed by atoms with Gasteiger partial charge in [-0.3, -0.25) is 4.79 Å². The maximum Gasteiger partial charge on any atom is 0.256 e. The third-order valence-corrected chi connectivity index (χ3v) is 3.50. The first-order chi connectivity index (χ1) is 11.7. The van der Waals surface area contributed by atoms with Crippen molar-refractivity contribution in [2.24, 2.45) is 0 Å². The summed E-state index contributed by atoms with van der Waals surface area (Å²) in [4.78, 5) is 12.4. The van der Waals surface area contributed by atoms with Gasteiger partial charge in [0.25, 0.3) is 5.91 Å². The Balaban J connectivity index is 2.01. The molecule has 0 bridgehead atoms. The van der Waals surface area contributed by atoms with E-state index in [4.69, 9.17) is 4.74 Å². The Morgan fingerprint density at radius 2 is 1.96 bits per heavy atom. The zero-order valence-electron chi connectivity index (χ0n) is 13.1. The van der Waals surface area contributed by atoms with Crippen molar-refractivity contribution in [3.63, 3.8) is 0 Å². The summed E-state index contributed by atoms with van der Waals surface area (Å²) in [6, 6.07) is 9.65. The van der Waals surface area contributed by atoms with Gasteiger partial charge in [-0.25, -0.2) is 9.07 Å². The van der Waals surface area contributed by atoms with Crippen LogP contribution in [0, 0.1) is 5.82 Å². The highest BCUT2D eigenvalue weighted by Gasteiger charge is 2.19. The SMILES string of the molecule is COCCNC(=O)c1cnn(-c2ccc(F)cc2)c1-n1cccc1. The smallest absolute Gasteiger partial charge is 0.256 e. The zero-order chi connectivity index (χ0) is 16.9. The van der Waals surface area contributed by atoms with E-state index in [2.05, 4.69) is 10.4 Å². The van der Waals surface area contributed by atoms with E-state index in [9.17, 15) is 9.18 Å². The number of ether oxygens (including phenoxy) is 1. The van der Waals surface area contributed by atoms with Crippen molar-refractivity contribution in [2.75, 3.05) is 20.3 Å². The molecule has 0 saturated heterocycles. The molecule has 0 aliphatic carbocycles. The third-order valence-electron chi connectivity index (χ3n) is 3.50. The number of halogens is 1. The van der Waals surface area contributed by atoms with Crippen molar-refractivity contribution in [2.45, 2.75) is 0 Å². The van der Waals surface area contributed by atoms with E-state index in [0.29, 0.717) is 30.2 Å². The van der Waals surface area contributed by atoms with Gasteiger partial charge in [-0.1, -0.05) is 0 Å². The minimum Gasteiger partial charge on any atom is -0.383 e. The average molecular weight is 328 g/mol. The van der Waals surface area contributed by atoms with Crippen molar-refractivity contribution < 1.29 is 13.9 Å². The van der Waals surface area contributed by atoms with Crippen molar-refractivity contribution in [3.05, 3.63) is 66.4 Å². The van der Waals surface area contributed by atoms with Crippen LogP contribution in [0.25, 0.3) is 11.5 Å². The summed E-state index contributed by atoms with van der Waals surface area (Å²) >= 11 is 0. The van der Waals surface area contributed by atoms with Gasteiger partial charge in [0.1, 0.15) is 11.4 Å². The van der Waals surface area contributed by atoms with E-state index in [1.807, 2.05) is 24.5 Å². The molecule has 0 atom stereocenters. The number of rotatable bonds is 6. The minimum absolute atomic E-state index is 0.246. The molecule has 124 valence electrons. The molecule has 1 N–H and O–H groups in total. The van der Waals surface area contributed by atoms with Crippen molar-refractivity contribution in [1.29, 1.82) is 0 Å². The second kappa shape index (κ2) is 7.10. The van der Waals surface area contributed by atoms with Gasteiger partial charge in [-0.2, -0.15) is 5.10 Å². The number of hydrogen-bond donors (Lipinski definition) is 1. The molecule has 3 aromatic rings. The van der Waals surface area contributed by atoms with Gasteiger partial charge in [0.05, 0.1) is 18.5 Å². The van der Waals surface area contributed by atoms with Gasteiger partial charge in [0, 0.05) is 26.0 Å². The average Bonchev–Trinajstić information content (AvgIpc) is 3.24. The van der Waals surface area contributed by atoms with Crippen LogP contribution in [0.2, 0.25) is 0 Å². The Labute approximate surface area is 138 Å². The molecule has 0 radical (unpaired) electrons. The molecule has 0 fully saturated rings. The normalized spacial score (nSPS) is 10.8. The molecule has 2 aromatic heterocycles. The number of carbonyl (C=O) groups is 1. The molecule has 0 aliphatic heterocycles. The van der Waals surface area contributed by atoms with Crippen molar-refractivity contribution in [1.82, 2.24) is 19.7 Å². The fourth-order valence-corrected chi connectivity index (χ4v) is 2.36. The van der Waals surface area contributed by atoms with Gasteiger partial charge >= 0.3 is 0 Å². The van der Waals surface area contributed by atoms with E-state index in [1.54, 1.807) is 28.5 Å². The van der Waals surface area contributed by atoms with E-state index >= 15 is 0 Å². The molecular weight excluding hydrogens is 311 g/mol. The lowest BCUT2D eigenvalue weighted by Crippen LogP contribution is -2.27. The van der Waals surface area contributed by atoms with Gasteiger partial charge in [0.2, 0.25) is 0 Å². The fourth-order valence-electron chi connectivity index (χ4n) is 2.36. The Kier molecular flexibility index (Phi) is 4.72. The van der Waals surface area contributed by atoms with Crippen LogP contribution in [0.15, 0.2) is 55.0 Å². The number of aromatic nitrogens is 3. The second-order valence-electron chi connectivity index (χ2n) is 5.11. The number of nitrogens with zero attached hydrogens (tertiary/aromatic N) is 3. The summed E-state index contributed by atoms with van der Waals surface area (Å²) in [5.74, 6) is 0.0107. The van der Waals surface area contributed by atoms with Crippen LogP contribution in [0.4, 0.5) is 4.39 Å². The lowest BCUT2D eigenvalue weighted by molar-refractivity contribution is 0.0937. The molecule has 0 aliphatic rings. The number of amides is 1. The first-order valence-electron chi connectivity index (χ1n) is 7.45. The van der Waals surface area contributed by atoms with Crippen LogP contribution in [-0.4, -0.2) is 40.5 Å². The molecule has 6 nitrogen and oxygen atoms in total. The molecule has 0 saturated carbocycles. The topological polar surface area (TPSA) is 61.1 Å². The van der Waals surface area contributed by atoms with E-state index in [1.165, 1.54) is 18.3 Å². The lowest BCUT2D eigenvalue weighted by Gasteiger charge is -2.11. The number of hydrogen-bond acceptors (Lipinski definition) is 3. The van der Waals surface area contributed by atoms with Crippen LogP contribution in [0.1, 0.15) is 10.4 Å². The fraction of sp³-hybridized carbons (Fsp3) is 0.176. The number of benzene rings is 1. The van der Waals surface area contributed by atoms with Gasteiger partial charge in [0.15, 0.2) is 5.82 Å². The molecule has 1 amide bonds. The molecule has 0 spiro atoms. The largest absolute Gasteiger partial charge is 0.383 e. The van der Waals surface area contributed by atoms with Crippen molar-refractivity contribution in [3.8, 4) is 11.5 Å². The molecule has 7 heteroatoms. The van der Waals surface area contributed by atoms with Crippen molar-refractivity contribution >= 4 is 5.91 Å². The molecule has 3 rings (SSSR count). The molecular formula is C17H17FN4O2. The number of carbonyl (C=O) groups excluding carboxylic acids is 1. The summed E-state index contributed by atoms with van der Waals surface area (Å²) in [7, 11) is 1.57.